The summed E-state index contributed by atoms with van der Waals surface area (Å²) in [4.78, 5) is 0. The van der Waals surface area contributed by atoms with Crippen molar-refractivity contribution in [2.45, 2.75) is 38.6 Å². The Morgan fingerprint density at radius 1 is 1.05 bits per heavy atom. The Hall–Kier alpha value is -1.28. The Kier molecular flexibility index (Phi) is 3.84. The number of benzene rings is 2. The summed E-state index contributed by atoms with van der Waals surface area (Å²) in [7, 11) is 0. The van der Waals surface area contributed by atoms with E-state index in [0.717, 1.165) is 0 Å². The van der Waals surface area contributed by atoms with Gasteiger partial charge in [0.25, 0.3) is 0 Å². The molecule has 0 unspecified atom stereocenters. The van der Waals surface area contributed by atoms with Crippen LogP contribution in [0.25, 0.3) is 0 Å². The second-order valence-electron chi connectivity index (χ2n) is 5.85. The van der Waals surface area contributed by atoms with Crippen LogP contribution in [0.4, 0.5) is 5.69 Å². The molecule has 1 saturated carbocycles. The lowest BCUT2D eigenvalue weighted by molar-refractivity contribution is 0.373. The average Bonchev–Trinajstić information content (AvgIpc) is 2.37. The van der Waals surface area contributed by atoms with Gasteiger partial charge >= 0.3 is 0 Å². The minimum absolute atomic E-state index is 0.605. The first-order valence-corrected chi connectivity index (χ1v) is 8.01. The molecular formula is C18H20BrN. The molecule has 104 valence electrons. The second kappa shape index (κ2) is 5.61. The van der Waals surface area contributed by atoms with Crippen LogP contribution >= 0.6 is 15.9 Å². The highest BCUT2D eigenvalue weighted by Gasteiger charge is 2.31. The first-order chi connectivity index (χ1) is 9.63. The number of rotatable bonds is 3. The van der Waals surface area contributed by atoms with Crippen LogP contribution in [0, 0.1) is 13.8 Å². The average molecular weight is 330 g/mol. The Balaban J connectivity index is 1.62. The molecule has 2 heteroatoms. The number of anilines is 1. The monoisotopic (exact) mass is 329 g/mol. The third kappa shape index (κ3) is 2.76. The number of halogens is 1. The van der Waals surface area contributed by atoms with Gasteiger partial charge in [-0.15, -0.1) is 0 Å². The van der Waals surface area contributed by atoms with Gasteiger partial charge in [0.1, 0.15) is 0 Å². The van der Waals surface area contributed by atoms with E-state index in [9.17, 15) is 0 Å². The lowest BCUT2D eigenvalue weighted by Gasteiger charge is -2.37. The fourth-order valence-electron chi connectivity index (χ4n) is 2.99. The molecular weight excluding hydrogens is 310 g/mol. The van der Waals surface area contributed by atoms with E-state index in [-0.39, 0.29) is 0 Å². The van der Waals surface area contributed by atoms with E-state index in [1.54, 1.807) is 0 Å². The summed E-state index contributed by atoms with van der Waals surface area (Å²) >= 11 is 3.66. The summed E-state index contributed by atoms with van der Waals surface area (Å²) in [6.45, 7) is 4.32. The molecule has 1 aliphatic rings. The number of aryl methyl sites for hydroxylation is 2. The summed E-state index contributed by atoms with van der Waals surface area (Å²) < 4.78 is 1.25. The normalized spacial score (nSPS) is 21.4. The van der Waals surface area contributed by atoms with Gasteiger partial charge in [0.15, 0.2) is 0 Å². The highest BCUT2D eigenvalue weighted by Crippen LogP contribution is 2.41. The van der Waals surface area contributed by atoms with E-state index in [4.69, 9.17) is 0 Å². The molecule has 1 aliphatic carbocycles. The SMILES string of the molecule is Cc1ccc(NC2CC(c3ccccc3Br)C2)c(C)c1. The van der Waals surface area contributed by atoms with Crippen LogP contribution in [0.15, 0.2) is 46.9 Å². The van der Waals surface area contributed by atoms with Crippen molar-refractivity contribution in [2.75, 3.05) is 5.32 Å². The molecule has 0 aromatic heterocycles. The van der Waals surface area contributed by atoms with Gasteiger partial charge in [-0.05, 0) is 55.9 Å². The lowest BCUT2D eigenvalue weighted by atomic mass is 9.75. The maximum atomic E-state index is 3.68. The lowest BCUT2D eigenvalue weighted by Crippen LogP contribution is -2.34. The van der Waals surface area contributed by atoms with Crippen molar-refractivity contribution in [1.29, 1.82) is 0 Å². The van der Waals surface area contributed by atoms with E-state index >= 15 is 0 Å². The van der Waals surface area contributed by atoms with Crippen LogP contribution in [-0.4, -0.2) is 6.04 Å². The van der Waals surface area contributed by atoms with Gasteiger partial charge in [-0.1, -0.05) is 51.8 Å². The van der Waals surface area contributed by atoms with Gasteiger partial charge < -0.3 is 5.32 Å². The van der Waals surface area contributed by atoms with Crippen molar-refractivity contribution in [2.24, 2.45) is 0 Å². The quantitative estimate of drug-likeness (QED) is 0.792. The number of hydrogen-bond donors (Lipinski definition) is 1. The molecule has 0 bridgehead atoms. The molecule has 0 atom stereocenters. The first kappa shape index (κ1) is 13.7. The second-order valence-corrected chi connectivity index (χ2v) is 6.70. The van der Waals surface area contributed by atoms with E-state index in [1.807, 2.05) is 0 Å². The highest BCUT2D eigenvalue weighted by molar-refractivity contribution is 9.10. The highest BCUT2D eigenvalue weighted by atomic mass is 79.9. The zero-order chi connectivity index (χ0) is 14.1. The molecule has 1 N–H and O–H groups in total. The van der Waals surface area contributed by atoms with Crippen LogP contribution in [0.1, 0.15) is 35.4 Å². The topological polar surface area (TPSA) is 12.0 Å². The smallest absolute Gasteiger partial charge is 0.0372 e. The summed E-state index contributed by atoms with van der Waals surface area (Å²) in [5.74, 6) is 0.689. The van der Waals surface area contributed by atoms with Gasteiger partial charge in [0, 0.05) is 16.2 Å². The molecule has 0 amide bonds. The maximum absolute atomic E-state index is 3.68. The predicted octanol–water partition coefficient (Wildman–Crippen LogP) is 5.42. The van der Waals surface area contributed by atoms with Crippen LogP contribution in [0.3, 0.4) is 0 Å². The molecule has 0 aliphatic heterocycles. The maximum Gasteiger partial charge on any atom is 0.0372 e. The van der Waals surface area contributed by atoms with Crippen molar-refractivity contribution in [1.82, 2.24) is 0 Å². The fourth-order valence-corrected chi connectivity index (χ4v) is 3.60. The minimum Gasteiger partial charge on any atom is -0.382 e. The Labute approximate surface area is 129 Å². The third-order valence-electron chi connectivity index (χ3n) is 4.22. The van der Waals surface area contributed by atoms with Crippen molar-refractivity contribution in [3.63, 3.8) is 0 Å². The van der Waals surface area contributed by atoms with Crippen LogP contribution < -0.4 is 5.32 Å². The molecule has 20 heavy (non-hydrogen) atoms. The molecule has 1 fully saturated rings. The number of nitrogens with one attached hydrogen (secondary N) is 1. The van der Waals surface area contributed by atoms with Gasteiger partial charge in [0.2, 0.25) is 0 Å². The fraction of sp³-hybridized carbons (Fsp3) is 0.333. The third-order valence-corrected chi connectivity index (χ3v) is 4.95. The summed E-state index contributed by atoms with van der Waals surface area (Å²) in [6, 6.07) is 15.8. The Morgan fingerprint density at radius 3 is 2.50 bits per heavy atom. The van der Waals surface area contributed by atoms with Crippen molar-refractivity contribution >= 4 is 21.6 Å². The van der Waals surface area contributed by atoms with Crippen LogP contribution in [-0.2, 0) is 0 Å². The van der Waals surface area contributed by atoms with Crippen LogP contribution in [0.5, 0.6) is 0 Å². The molecule has 1 nitrogen and oxygen atoms in total. The zero-order valence-corrected chi connectivity index (χ0v) is 13.6. The molecule has 2 aromatic carbocycles. The number of hydrogen-bond acceptors (Lipinski definition) is 1. The standard InChI is InChI=1S/C18H20BrN/c1-12-7-8-18(13(2)9-12)20-15-10-14(11-15)16-5-3-4-6-17(16)19/h3-9,14-15,20H,10-11H2,1-2H3. The summed E-state index contributed by atoms with van der Waals surface area (Å²) in [5, 5.41) is 3.68. The molecule has 2 aromatic rings. The summed E-state index contributed by atoms with van der Waals surface area (Å²) in [6.07, 6.45) is 2.44. The van der Waals surface area contributed by atoms with Crippen molar-refractivity contribution in [3.05, 3.63) is 63.6 Å². The van der Waals surface area contributed by atoms with E-state index in [1.165, 1.54) is 39.7 Å². The molecule has 0 saturated heterocycles. The van der Waals surface area contributed by atoms with Crippen LogP contribution in [0.2, 0.25) is 0 Å². The van der Waals surface area contributed by atoms with Crippen molar-refractivity contribution in [3.8, 4) is 0 Å². The molecule has 0 spiro atoms. The van der Waals surface area contributed by atoms with Crippen molar-refractivity contribution < 1.29 is 0 Å². The van der Waals surface area contributed by atoms with E-state index in [2.05, 4.69) is 77.6 Å². The van der Waals surface area contributed by atoms with Gasteiger partial charge in [-0.2, -0.15) is 0 Å². The molecule has 0 radical (unpaired) electrons. The van der Waals surface area contributed by atoms with Gasteiger partial charge in [0.05, 0.1) is 0 Å². The van der Waals surface area contributed by atoms with E-state index < -0.39 is 0 Å². The van der Waals surface area contributed by atoms with Gasteiger partial charge in [-0.3, -0.25) is 0 Å². The largest absolute Gasteiger partial charge is 0.382 e. The molecule has 3 rings (SSSR count). The Bertz CT molecular complexity index is 615. The van der Waals surface area contributed by atoms with E-state index in [0.29, 0.717) is 12.0 Å². The Morgan fingerprint density at radius 2 is 1.80 bits per heavy atom. The zero-order valence-electron chi connectivity index (χ0n) is 12.0. The first-order valence-electron chi connectivity index (χ1n) is 7.21. The minimum atomic E-state index is 0.605. The summed E-state index contributed by atoms with van der Waals surface area (Å²) in [5.41, 5.74) is 5.40. The van der Waals surface area contributed by atoms with Gasteiger partial charge in [-0.25, -0.2) is 0 Å². The molecule has 0 heterocycles. The predicted molar refractivity (Wildman–Crippen MR) is 89.4 cm³/mol.